The van der Waals surface area contributed by atoms with Crippen LogP contribution in [0, 0.1) is 5.82 Å². The van der Waals surface area contributed by atoms with Gasteiger partial charge < -0.3 is 19.3 Å². The minimum absolute atomic E-state index is 0.0313. The molecule has 1 aliphatic rings. The first-order valence-corrected chi connectivity index (χ1v) is 10.9. The van der Waals surface area contributed by atoms with Gasteiger partial charge in [-0.15, -0.1) is 0 Å². The Kier molecular flexibility index (Phi) is 10.6. The summed E-state index contributed by atoms with van der Waals surface area (Å²) in [7, 11) is 3.85. The van der Waals surface area contributed by atoms with Gasteiger partial charge in [0.05, 0.1) is 18.8 Å². The smallest absolute Gasteiger partial charge is 0.222 e. The molecule has 0 aliphatic carbocycles. The molecule has 1 aromatic rings. The van der Waals surface area contributed by atoms with Crippen LogP contribution < -0.4 is 0 Å². The standard InChI is InChI=1S/C23H37FN2O3/c1-4-23(27)26-14-12-21(18-22(26)19-8-10-20(24)11-9-19)29-16-7-5-6-13-25(2)15-17-28-3/h8-11,21-22H,4-7,12-18H2,1-3H3. The number of carbonyl (C=O) groups is 1. The number of ether oxygens (including phenoxy) is 2. The minimum Gasteiger partial charge on any atom is -0.383 e. The van der Waals surface area contributed by atoms with Crippen molar-refractivity contribution < 1.29 is 18.7 Å². The first-order valence-electron chi connectivity index (χ1n) is 10.9. The Balaban J connectivity index is 1.76. The predicted octanol–water partition coefficient (Wildman–Crippen LogP) is 4.03. The Morgan fingerprint density at radius 1 is 1.17 bits per heavy atom. The second-order valence-corrected chi connectivity index (χ2v) is 7.88. The summed E-state index contributed by atoms with van der Waals surface area (Å²) < 4.78 is 24.6. The number of halogens is 1. The fraction of sp³-hybridized carbons (Fsp3) is 0.696. The highest BCUT2D eigenvalue weighted by molar-refractivity contribution is 5.76. The molecule has 1 aliphatic heterocycles. The molecule has 0 spiro atoms. The summed E-state index contributed by atoms with van der Waals surface area (Å²) in [5.74, 6) is -0.103. The number of amides is 1. The Morgan fingerprint density at radius 3 is 2.62 bits per heavy atom. The molecule has 0 bridgehead atoms. The van der Waals surface area contributed by atoms with Crippen LogP contribution in [-0.2, 0) is 14.3 Å². The van der Waals surface area contributed by atoms with Crippen molar-refractivity contribution in [2.45, 2.75) is 57.6 Å². The van der Waals surface area contributed by atoms with E-state index in [0.717, 1.165) is 64.0 Å². The van der Waals surface area contributed by atoms with E-state index in [1.165, 1.54) is 12.1 Å². The van der Waals surface area contributed by atoms with Crippen LogP contribution >= 0.6 is 0 Å². The van der Waals surface area contributed by atoms with Crippen LogP contribution in [0.15, 0.2) is 24.3 Å². The van der Waals surface area contributed by atoms with Crippen molar-refractivity contribution in [3.05, 3.63) is 35.6 Å². The maximum atomic E-state index is 13.3. The van der Waals surface area contributed by atoms with Crippen LogP contribution in [0.1, 0.15) is 57.1 Å². The molecule has 1 aromatic carbocycles. The lowest BCUT2D eigenvalue weighted by molar-refractivity contribution is -0.137. The second-order valence-electron chi connectivity index (χ2n) is 7.88. The third-order valence-electron chi connectivity index (χ3n) is 5.65. The zero-order chi connectivity index (χ0) is 21.1. The number of carbonyl (C=O) groups excluding carboxylic acids is 1. The zero-order valence-corrected chi connectivity index (χ0v) is 18.2. The number of unbranched alkanes of at least 4 members (excludes halogenated alkanes) is 2. The van der Waals surface area contributed by atoms with E-state index in [0.29, 0.717) is 13.0 Å². The minimum atomic E-state index is -0.251. The van der Waals surface area contributed by atoms with Gasteiger partial charge in [-0.1, -0.05) is 19.1 Å². The highest BCUT2D eigenvalue weighted by atomic mass is 19.1. The van der Waals surface area contributed by atoms with Gasteiger partial charge in [-0.3, -0.25) is 4.79 Å². The summed E-state index contributed by atoms with van der Waals surface area (Å²) in [6.45, 7) is 6.15. The lowest BCUT2D eigenvalue weighted by Crippen LogP contribution is -2.43. The molecule has 6 heteroatoms. The van der Waals surface area contributed by atoms with Crippen LogP contribution in [0.2, 0.25) is 0 Å². The van der Waals surface area contributed by atoms with Gasteiger partial charge in [-0.2, -0.15) is 0 Å². The molecule has 0 radical (unpaired) electrons. The highest BCUT2D eigenvalue weighted by Gasteiger charge is 2.32. The quantitative estimate of drug-likeness (QED) is 0.490. The Bertz CT molecular complexity index is 596. The van der Waals surface area contributed by atoms with Crippen molar-refractivity contribution in [1.82, 2.24) is 9.80 Å². The summed E-state index contributed by atoms with van der Waals surface area (Å²) >= 11 is 0. The lowest BCUT2D eigenvalue weighted by atomic mass is 9.92. The van der Waals surface area contributed by atoms with E-state index in [-0.39, 0.29) is 23.9 Å². The fourth-order valence-corrected chi connectivity index (χ4v) is 3.86. The molecular formula is C23H37FN2O3. The number of nitrogens with zero attached hydrogens (tertiary/aromatic N) is 2. The summed E-state index contributed by atoms with van der Waals surface area (Å²) in [6.07, 6.45) is 5.63. The highest BCUT2D eigenvalue weighted by Crippen LogP contribution is 2.33. The van der Waals surface area contributed by atoms with Crippen molar-refractivity contribution in [1.29, 1.82) is 0 Å². The van der Waals surface area contributed by atoms with E-state index in [2.05, 4.69) is 11.9 Å². The third-order valence-corrected chi connectivity index (χ3v) is 5.65. The van der Waals surface area contributed by atoms with Crippen molar-refractivity contribution in [3.63, 3.8) is 0 Å². The molecule has 1 saturated heterocycles. The largest absolute Gasteiger partial charge is 0.383 e. The van der Waals surface area contributed by atoms with Gasteiger partial charge in [0, 0.05) is 33.2 Å². The van der Waals surface area contributed by atoms with E-state index in [4.69, 9.17) is 9.47 Å². The van der Waals surface area contributed by atoms with Gasteiger partial charge in [0.1, 0.15) is 5.82 Å². The normalized spacial score (nSPS) is 19.7. The number of likely N-dealkylation sites (N-methyl/N-ethyl adjacent to an activating group) is 1. The van der Waals surface area contributed by atoms with Crippen molar-refractivity contribution in [3.8, 4) is 0 Å². The molecule has 0 N–H and O–H groups in total. The number of benzene rings is 1. The maximum absolute atomic E-state index is 13.3. The van der Waals surface area contributed by atoms with E-state index in [1.54, 1.807) is 19.2 Å². The summed E-state index contributed by atoms with van der Waals surface area (Å²) in [5, 5.41) is 0. The molecule has 1 amide bonds. The average molecular weight is 409 g/mol. The van der Waals surface area contributed by atoms with Crippen LogP contribution in [0.4, 0.5) is 4.39 Å². The molecule has 29 heavy (non-hydrogen) atoms. The summed E-state index contributed by atoms with van der Waals surface area (Å²) in [6, 6.07) is 6.49. The lowest BCUT2D eigenvalue weighted by Gasteiger charge is -2.39. The predicted molar refractivity (Wildman–Crippen MR) is 113 cm³/mol. The number of hydrogen-bond acceptors (Lipinski definition) is 4. The molecule has 164 valence electrons. The molecule has 0 aromatic heterocycles. The average Bonchev–Trinajstić information content (AvgIpc) is 2.74. The number of likely N-dealkylation sites (tertiary alicyclic amines) is 1. The second kappa shape index (κ2) is 12.9. The van der Waals surface area contributed by atoms with E-state index < -0.39 is 0 Å². The van der Waals surface area contributed by atoms with Crippen LogP contribution in [-0.4, -0.2) is 68.8 Å². The Labute approximate surface area is 175 Å². The zero-order valence-electron chi connectivity index (χ0n) is 18.2. The summed E-state index contributed by atoms with van der Waals surface area (Å²) in [4.78, 5) is 16.6. The molecule has 2 unspecified atom stereocenters. The van der Waals surface area contributed by atoms with Gasteiger partial charge in [0.2, 0.25) is 5.91 Å². The van der Waals surface area contributed by atoms with Crippen molar-refractivity contribution >= 4 is 5.91 Å². The number of hydrogen-bond donors (Lipinski definition) is 0. The molecule has 2 atom stereocenters. The van der Waals surface area contributed by atoms with E-state index >= 15 is 0 Å². The number of rotatable bonds is 12. The molecule has 1 heterocycles. The first kappa shape index (κ1) is 23.8. The van der Waals surface area contributed by atoms with Gasteiger partial charge in [-0.05, 0) is 63.4 Å². The van der Waals surface area contributed by atoms with Crippen LogP contribution in [0.25, 0.3) is 0 Å². The van der Waals surface area contributed by atoms with Gasteiger partial charge in [0.25, 0.3) is 0 Å². The van der Waals surface area contributed by atoms with Crippen molar-refractivity contribution in [2.75, 3.05) is 47.0 Å². The SMILES string of the molecule is CCC(=O)N1CCC(OCCCCCN(C)CCOC)CC1c1ccc(F)cc1. The van der Waals surface area contributed by atoms with Gasteiger partial charge in [0.15, 0.2) is 0 Å². The molecule has 5 nitrogen and oxygen atoms in total. The third kappa shape index (κ3) is 8.03. The van der Waals surface area contributed by atoms with E-state index in [9.17, 15) is 9.18 Å². The molecule has 1 fully saturated rings. The topological polar surface area (TPSA) is 42.0 Å². The molecular weight excluding hydrogens is 371 g/mol. The summed E-state index contributed by atoms with van der Waals surface area (Å²) in [5.41, 5.74) is 0.987. The number of methoxy groups -OCH3 is 1. The molecule has 0 saturated carbocycles. The first-order chi connectivity index (χ1) is 14.0. The fourth-order valence-electron chi connectivity index (χ4n) is 3.86. The van der Waals surface area contributed by atoms with Crippen LogP contribution in [0.3, 0.4) is 0 Å². The van der Waals surface area contributed by atoms with Crippen LogP contribution in [0.5, 0.6) is 0 Å². The van der Waals surface area contributed by atoms with Gasteiger partial charge in [-0.25, -0.2) is 4.39 Å². The maximum Gasteiger partial charge on any atom is 0.222 e. The van der Waals surface area contributed by atoms with Gasteiger partial charge >= 0.3 is 0 Å². The Morgan fingerprint density at radius 2 is 1.93 bits per heavy atom. The Hall–Kier alpha value is -1.50. The molecule has 2 rings (SSSR count). The number of piperidine rings is 1. The van der Waals surface area contributed by atoms with E-state index in [1.807, 2.05) is 11.8 Å². The van der Waals surface area contributed by atoms with Crippen molar-refractivity contribution in [2.24, 2.45) is 0 Å². The monoisotopic (exact) mass is 408 g/mol.